The summed E-state index contributed by atoms with van der Waals surface area (Å²) >= 11 is 0. The smallest absolute Gasteiger partial charge is 0.118 e. The van der Waals surface area contributed by atoms with Crippen LogP contribution < -0.4 is 4.74 Å². The summed E-state index contributed by atoms with van der Waals surface area (Å²) in [6, 6.07) is 27.8. The van der Waals surface area contributed by atoms with Gasteiger partial charge in [0.2, 0.25) is 0 Å². The summed E-state index contributed by atoms with van der Waals surface area (Å²) in [6.45, 7) is 0. The van der Waals surface area contributed by atoms with Crippen LogP contribution >= 0.6 is 0 Å². The Balaban J connectivity index is 2.03. The highest BCUT2D eigenvalue weighted by Gasteiger charge is 2.24. The van der Waals surface area contributed by atoms with Gasteiger partial charge in [0.25, 0.3) is 0 Å². The Bertz CT molecular complexity index is 721. The predicted molar refractivity (Wildman–Crippen MR) is 92.7 cm³/mol. The summed E-state index contributed by atoms with van der Waals surface area (Å²) in [6.07, 6.45) is -0.605. The standard InChI is InChI=1S/C21H20O2/c1-23-19-14-12-17(13-15-19)20(16-8-4-2-5-9-16)21(22)18-10-6-3-7-11-18/h2-15,20-22H,1H3/t20-,21+/m1/s1. The molecule has 0 aliphatic heterocycles. The van der Waals surface area contributed by atoms with E-state index in [0.29, 0.717) is 0 Å². The second kappa shape index (κ2) is 7.12. The predicted octanol–water partition coefficient (Wildman–Crippen LogP) is 4.56. The van der Waals surface area contributed by atoms with Gasteiger partial charge in [0.1, 0.15) is 5.75 Å². The average molecular weight is 304 g/mol. The molecule has 0 aliphatic rings. The van der Waals surface area contributed by atoms with Crippen LogP contribution in [-0.4, -0.2) is 12.2 Å². The topological polar surface area (TPSA) is 29.5 Å². The highest BCUT2D eigenvalue weighted by atomic mass is 16.5. The molecule has 0 unspecified atom stereocenters. The van der Waals surface area contributed by atoms with Gasteiger partial charge in [-0.05, 0) is 28.8 Å². The van der Waals surface area contributed by atoms with Gasteiger partial charge in [-0.25, -0.2) is 0 Å². The Morgan fingerprint density at radius 3 is 1.65 bits per heavy atom. The second-order valence-electron chi connectivity index (χ2n) is 5.52. The Morgan fingerprint density at radius 2 is 1.13 bits per heavy atom. The molecule has 0 spiro atoms. The van der Waals surface area contributed by atoms with Gasteiger partial charge in [-0.2, -0.15) is 0 Å². The summed E-state index contributed by atoms with van der Waals surface area (Å²) in [5, 5.41) is 11.0. The van der Waals surface area contributed by atoms with Crippen LogP contribution in [0, 0.1) is 0 Å². The number of rotatable bonds is 5. The van der Waals surface area contributed by atoms with E-state index in [1.54, 1.807) is 7.11 Å². The molecular weight excluding hydrogens is 284 g/mol. The molecule has 0 aliphatic carbocycles. The largest absolute Gasteiger partial charge is 0.497 e. The molecule has 0 saturated carbocycles. The fourth-order valence-corrected chi connectivity index (χ4v) is 2.87. The third-order valence-corrected chi connectivity index (χ3v) is 4.09. The van der Waals surface area contributed by atoms with E-state index >= 15 is 0 Å². The van der Waals surface area contributed by atoms with Crippen molar-refractivity contribution in [2.45, 2.75) is 12.0 Å². The van der Waals surface area contributed by atoms with Crippen molar-refractivity contribution >= 4 is 0 Å². The number of benzene rings is 3. The van der Waals surface area contributed by atoms with Gasteiger partial charge in [0.15, 0.2) is 0 Å². The fourth-order valence-electron chi connectivity index (χ4n) is 2.87. The van der Waals surface area contributed by atoms with Crippen molar-refractivity contribution < 1.29 is 9.84 Å². The first-order valence-corrected chi connectivity index (χ1v) is 7.71. The lowest BCUT2D eigenvalue weighted by Gasteiger charge is -2.24. The summed E-state index contributed by atoms with van der Waals surface area (Å²) < 4.78 is 5.24. The number of aliphatic hydroxyl groups is 1. The van der Waals surface area contributed by atoms with E-state index in [9.17, 15) is 5.11 Å². The molecule has 116 valence electrons. The van der Waals surface area contributed by atoms with Crippen molar-refractivity contribution in [1.29, 1.82) is 0 Å². The Morgan fingerprint density at radius 1 is 0.652 bits per heavy atom. The third-order valence-electron chi connectivity index (χ3n) is 4.09. The molecule has 3 aromatic carbocycles. The van der Waals surface area contributed by atoms with Gasteiger partial charge in [-0.15, -0.1) is 0 Å². The van der Waals surface area contributed by atoms with Crippen LogP contribution in [0.15, 0.2) is 84.9 Å². The van der Waals surface area contributed by atoms with Gasteiger partial charge in [-0.1, -0.05) is 72.8 Å². The first-order valence-electron chi connectivity index (χ1n) is 7.71. The third kappa shape index (κ3) is 3.43. The molecule has 0 bridgehead atoms. The van der Waals surface area contributed by atoms with Crippen LogP contribution in [0.5, 0.6) is 5.75 Å². The maximum Gasteiger partial charge on any atom is 0.118 e. The van der Waals surface area contributed by atoms with Crippen molar-refractivity contribution in [2.75, 3.05) is 7.11 Å². The van der Waals surface area contributed by atoms with Crippen molar-refractivity contribution in [3.8, 4) is 5.75 Å². The van der Waals surface area contributed by atoms with Gasteiger partial charge in [-0.3, -0.25) is 0 Å². The summed E-state index contributed by atoms with van der Waals surface area (Å²) in [4.78, 5) is 0. The zero-order chi connectivity index (χ0) is 16.1. The molecule has 0 radical (unpaired) electrons. The molecule has 2 nitrogen and oxygen atoms in total. The minimum absolute atomic E-state index is 0.121. The van der Waals surface area contributed by atoms with Crippen LogP contribution in [0.1, 0.15) is 28.7 Å². The first kappa shape index (κ1) is 15.3. The quantitative estimate of drug-likeness (QED) is 0.748. The van der Waals surface area contributed by atoms with E-state index in [4.69, 9.17) is 4.74 Å². The summed E-state index contributed by atoms with van der Waals surface area (Å²) in [5.74, 6) is 0.694. The lowest BCUT2D eigenvalue weighted by Crippen LogP contribution is -2.12. The van der Waals surface area contributed by atoms with Gasteiger partial charge in [0, 0.05) is 5.92 Å². The van der Waals surface area contributed by atoms with E-state index in [0.717, 1.165) is 22.4 Å². The number of aliphatic hydroxyl groups excluding tert-OH is 1. The van der Waals surface area contributed by atoms with Crippen molar-refractivity contribution in [3.05, 3.63) is 102 Å². The van der Waals surface area contributed by atoms with Crippen molar-refractivity contribution in [3.63, 3.8) is 0 Å². The fraction of sp³-hybridized carbons (Fsp3) is 0.143. The van der Waals surface area contributed by atoms with Gasteiger partial charge in [0.05, 0.1) is 13.2 Å². The maximum absolute atomic E-state index is 11.0. The van der Waals surface area contributed by atoms with E-state index < -0.39 is 6.10 Å². The Hall–Kier alpha value is -2.58. The zero-order valence-corrected chi connectivity index (χ0v) is 13.1. The highest BCUT2D eigenvalue weighted by molar-refractivity contribution is 5.39. The molecule has 3 aromatic rings. The van der Waals surface area contributed by atoms with Gasteiger partial charge >= 0.3 is 0 Å². The molecule has 0 amide bonds. The van der Waals surface area contributed by atoms with Gasteiger partial charge < -0.3 is 9.84 Å². The molecule has 2 heteroatoms. The second-order valence-corrected chi connectivity index (χ2v) is 5.52. The minimum atomic E-state index is -0.605. The van der Waals surface area contributed by atoms with E-state index in [1.807, 2.05) is 72.8 Å². The summed E-state index contributed by atoms with van der Waals surface area (Å²) in [7, 11) is 1.66. The number of hydrogen-bond donors (Lipinski definition) is 1. The molecule has 0 saturated heterocycles. The molecule has 1 N–H and O–H groups in total. The van der Waals surface area contributed by atoms with E-state index in [1.165, 1.54) is 0 Å². The number of hydrogen-bond acceptors (Lipinski definition) is 2. The Labute approximate surface area is 137 Å². The monoisotopic (exact) mass is 304 g/mol. The van der Waals surface area contributed by atoms with E-state index in [2.05, 4.69) is 12.1 Å². The van der Waals surface area contributed by atoms with E-state index in [-0.39, 0.29) is 5.92 Å². The Kier molecular flexibility index (Phi) is 4.74. The molecular formula is C21H20O2. The molecule has 0 aromatic heterocycles. The molecule has 2 atom stereocenters. The average Bonchev–Trinajstić information content (AvgIpc) is 2.64. The van der Waals surface area contributed by atoms with Crippen LogP contribution in [0.2, 0.25) is 0 Å². The number of methoxy groups -OCH3 is 1. The van der Waals surface area contributed by atoms with Crippen molar-refractivity contribution in [2.24, 2.45) is 0 Å². The molecule has 0 fully saturated rings. The highest BCUT2D eigenvalue weighted by Crippen LogP contribution is 2.37. The normalized spacial score (nSPS) is 13.3. The summed E-state index contributed by atoms with van der Waals surface area (Å²) in [5.41, 5.74) is 3.07. The maximum atomic E-state index is 11.0. The SMILES string of the molecule is COc1ccc([C@@H](c2ccccc2)[C@@H](O)c2ccccc2)cc1. The zero-order valence-electron chi connectivity index (χ0n) is 13.1. The molecule has 3 rings (SSSR count). The lowest BCUT2D eigenvalue weighted by molar-refractivity contribution is 0.159. The molecule has 23 heavy (non-hydrogen) atoms. The van der Waals surface area contributed by atoms with Crippen LogP contribution in [0.25, 0.3) is 0 Å². The first-order chi connectivity index (χ1) is 11.3. The number of ether oxygens (including phenoxy) is 1. The minimum Gasteiger partial charge on any atom is -0.497 e. The lowest BCUT2D eigenvalue weighted by atomic mass is 9.83. The molecule has 0 heterocycles. The van der Waals surface area contributed by atoms with Crippen LogP contribution in [-0.2, 0) is 0 Å². The van der Waals surface area contributed by atoms with Crippen LogP contribution in [0.4, 0.5) is 0 Å². The van der Waals surface area contributed by atoms with Crippen molar-refractivity contribution in [1.82, 2.24) is 0 Å². The van der Waals surface area contributed by atoms with Crippen LogP contribution in [0.3, 0.4) is 0 Å².